The molecule has 1 aliphatic rings. The second-order valence-corrected chi connectivity index (χ2v) is 9.37. The van der Waals surface area contributed by atoms with Gasteiger partial charge in [-0.1, -0.05) is 0 Å². The van der Waals surface area contributed by atoms with Gasteiger partial charge in [0.25, 0.3) is 0 Å². The van der Waals surface area contributed by atoms with Crippen LogP contribution in [0.1, 0.15) is 64.5 Å². The van der Waals surface area contributed by atoms with E-state index in [0.29, 0.717) is 12.5 Å². The Morgan fingerprint density at radius 3 is 2.63 bits per heavy atom. The maximum Gasteiger partial charge on any atom is 0.410 e. The van der Waals surface area contributed by atoms with Crippen LogP contribution in [0.4, 0.5) is 10.5 Å². The van der Waals surface area contributed by atoms with Gasteiger partial charge >= 0.3 is 6.09 Å². The van der Waals surface area contributed by atoms with Crippen molar-refractivity contribution in [2.75, 3.05) is 12.3 Å². The van der Waals surface area contributed by atoms with Crippen molar-refractivity contribution in [3.8, 4) is 0 Å². The molecule has 2 aromatic rings. The molecule has 0 bridgehead atoms. The van der Waals surface area contributed by atoms with Gasteiger partial charge in [0.15, 0.2) is 0 Å². The fourth-order valence-corrected chi connectivity index (χ4v) is 4.18. The number of carbonyl (C=O) groups is 1. The van der Waals surface area contributed by atoms with E-state index in [1.54, 1.807) is 6.20 Å². The average Bonchev–Trinajstić information content (AvgIpc) is 2.85. The number of rotatable bonds is 1. The number of hydrogen-bond acceptors (Lipinski definition) is 4. The zero-order chi connectivity index (χ0) is 20.1. The molecule has 0 spiro atoms. The molecular weight excluding hydrogens is 340 g/mol. The molecule has 1 aliphatic heterocycles. The number of aryl methyl sites for hydroxylation is 2. The summed E-state index contributed by atoms with van der Waals surface area (Å²) in [5, 5.41) is 1.16. The van der Waals surface area contributed by atoms with E-state index >= 15 is 0 Å². The predicted molar refractivity (Wildman–Crippen MR) is 109 cm³/mol. The summed E-state index contributed by atoms with van der Waals surface area (Å²) in [4.78, 5) is 19.1. The summed E-state index contributed by atoms with van der Waals surface area (Å²) < 4.78 is 7.69. The van der Waals surface area contributed by atoms with Crippen molar-refractivity contribution in [1.82, 2.24) is 14.5 Å². The first-order chi connectivity index (χ1) is 12.4. The molecule has 1 atom stereocenters. The standard InChI is InChI=1S/C21H32N4O2/c1-13-16(22)11-23-18-17(13)15(12-24(18)7)14-8-9-25(21(5,6)10-14)19(26)27-20(2,3)4/h11-12,14H,8-10,22H2,1-7H3. The Morgan fingerprint density at radius 2 is 2.04 bits per heavy atom. The minimum Gasteiger partial charge on any atom is -0.444 e. The van der Waals surface area contributed by atoms with Gasteiger partial charge in [-0.15, -0.1) is 0 Å². The third-order valence-corrected chi connectivity index (χ3v) is 5.54. The first-order valence-electron chi connectivity index (χ1n) is 9.61. The molecule has 2 aromatic heterocycles. The number of carbonyl (C=O) groups excluding carboxylic acids is 1. The molecule has 148 valence electrons. The van der Waals surface area contributed by atoms with Crippen molar-refractivity contribution in [3.63, 3.8) is 0 Å². The number of nitrogen functional groups attached to an aromatic ring is 1. The fraction of sp³-hybridized carbons (Fsp3) is 0.619. The molecule has 2 N–H and O–H groups in total. The highest BCUT2D eigenvalue weighted by Crippen LogP contribution is 2.42. The van der Waals surface area contributed by atoms with E-state index in [0.717, 1.165) is 35.1 Å². The van der Waals surface area contributed by atoms with Crippen LogP contribution in [0.2, 0.25) is 0 Å². The number of likely N-dealkylation sites (tertiary alicyclic amines) is 1. The van der Waals surface area contributed by atoms with E-state index in [9.17, 15) is 4.79 Å². The highest BCUT2D eigenvalue weighted by Gasteiger charge is 2.40. The van der Waals surface area contributed by atoms with Crippen LogP contribution in [-0.2, 0) is 11.8 Å². The minimum absolute atomic E-state index is 0.231. The van der Waals surface area contributed by atoms with Crippen molar-refractivity contribution in [1.29, 1.82) is 0 Å². The maximum absolute atomic E-state index is 12.7. The zero-order valence-electron chi connectivity index (χ0n) is 17.6. The quantitative estimate of drug-likeness (QED) is 0.807. The second-order valence-electron chi connectivity index (χ2n) is 9.37. The monoisotopic (exact) mass is 372 g/mol. The molecule has 6 nitrogen and oxygen atoms in total. The molecule has 0 aromatic carbocycles. The van der Waals surface area contributed by atoms with E-state index in [1.807, 2.05) is 32.7 Å². The number of pyridine rings is 1. The molecule has 1 unspecified atom stereocenters. The lowest BCUT2D eigenvalue weighted by Gasteiger charge is -2.45. The van der Waals surface area contributed by atoms with Gasteiger partial charge in [0.1, 0.15) is 11.2 Å². The van der Waals surface area contributed by atoms with E-state index in [1.165, 1.54) is 5.56 Å². The number of hydrogen-bond donors (Lipinski definition) is 1. The van der Waals surface area contributed by atoms with Gasteiger partial charge in [-0.3, -0.25) is 0 Å². The van der Waals surface area contributed by atoms with Gasteiger partial charge in [0.05, 0.1) is 11.9 Å². The number of ether oxygens (including phenoxy) is 1. The Hall–Kier alpha value is -2.24. The van der Waals surface area contributed by atoms with Gasteiger partial charge < -0.3 is 19.9 Å². The van der Waals surface area contributed by atoms with Crippen LogP contribution in [0.15, 0.2) is 12.4 Å². The Morgan fingerprint density at radius 1 is 1.37 bits per heavy atom. The summed E-state index contributed by atoms with van der Waals surface area (Å²) in [6, 6.07) is 0. The smallest absolute Gasteiger partial charge is 0.410 e. The molecule has 0 radical (unpaired) electrons. The normalized spacial score (nSPS) is 20.1. The molecule has 3 heterocycles. The van der Waals surface area contributed by atoms with Gasteiger partial charge in [0.2, 0.25) is 0 Å². The Labute approximate surface area is 161 Å². The molecule has 1 amide bonds. The molecule has 27 heavy (non-hydrogen) atoms. The minimum atomic E-state index is -0.486. The third kappa shape index (κ3) is 3.62. The number of nitrogens with zero attached hydrogens (tertiary/aromatic N) is 3. The summed E-state index contributed by atoms with van der Waals surface area (Å²) in [6.07, 6.45) is 5.45. The lowest BCUT2D eigenvalue weighted by Crippen LogP contribution is -2.53. The largest absolute Gasteiger partial charge is 0.444 e. The van der Waals surface area contributed by atoms with E-state index in [-0.39, 0.29) is 11.6 Å². The molecule has 1 saturated heterocycles. The average molecular weight is 373 g/mol. The van der Waals surface area contributed by atoms with Crippen LogP contribution in [0.25, 0.3) is 11.0 Å². The SMILES string of the molecule is Cc1c(N)cnc2c1c(C1CCN(C(=O)OC(C)(C)C)C(C)(C)C1)cn2C. The van der Waals surface area contributed by atoms with Crippen LogP contribution in [0.5, 0.6) is 0 Å². The van der Waals surface area contributed by atoms with Crippen molar-refractivity contribution in [3.05, 3.63) is 23.5 Å². The summed E-state index contributed by atoms with van der Waals surface area (Å²) in [5.74, 6) is 0.352. The number of fused-ring (bicyclic) bond motifs is 1. The molecule has 0 aliphatic carbocycles. The number of piperidine rings is 1. The Bertz CT molecular complexity index is 876. The lowest BCUT2D eigenvalue weighted by molar-refractivity contribution is -0.00926. The topological polar surface area (TPSA) is 73.4 Å². The summed E-state index contributed by atoms with van der Waals surface area (Å²) in [6.45, 7) is 12.7. The highest BCUT2D eigenvalue weighted by atomic mass is 16.6. The van der Waals surface area contributed by atoms with Crippen LogP contribution in [0.3, 0.4) is 0 Å². The summed E-state index contributed by atoms with van der Waals surface area (Å²) >= 11 is 0. The van der Waals surface area contributed by atoms with Crippen LogP contribution in [0, 0.1) is 6.92 Å². The third-order valence-electron chi connectivity index (χ3n) is 5.54. The van der Waals surface area contributed by atoms with Crippen molar-refractivity contribution in [2.24, 2.45) is 7.05 Å². The summed E-state index contributed by atoms with van der Waals surface area (Å²) in [5.41, 5.74) is 9.41. The second kappa shape index (κ2) is 6.43. The van der Waals surface area contributed by atoms with E-state index < -0.39 is 5.60 Å². The lowest BCUT2D eigenvalue weighted by atomic mass is 9.79. The number of anilines is 1. The van der Waals surface area contributed by atoms with Crippen LogP contribution >= 0.6 is 0 Å². The zero-order valence-corrected chi connectivity index (χ0v) is 17.6. The van der Waals surface area contributed by atoms with E-state index in [4.69, 9.17) is 10.5 Å². The maximum atomic E-state index is 12.7. The number of aromatic nitrogens is 2. The first-order valence-corrected chi connectivity index (χ1v) is 9.61. The molecule has 0 saturated carbocycles. The predicted octanol–water partition coefficient (Wildman–Crippen LogP) is 4.36. The fourth-order valence-electron chi connectivity index (χ4n) is 4.18. The van der Waals surface area contributed by atoms with Crippen molar-refractivity contribution >= 4 is 22.8 Å². The summed E-state index contributed by atoms with van der Waals surface area (Å²) in [7, 11) is 2.02. The van der Waals surface area contributed by atoms with Gasteiger partial charge in [0, 0.05) is 30.7 Å². The Kier molecular flexibility index (Phi) is 4.65. The van der Waals surface area contributed by atoms with Crippen molar-refractivity contribution in [2.45, 2.75) is 71.4 Å². The highest BCUT2D eigenvalue weighted by molar-refractivity contribution is 5.88. The molecule has 6 heteroatoms. The molecule has 1 fully saturated rings. The van der Waals surface area contributed by atoms with Gasteiger partial charge in [-0.2, -0.15) is 0 Å². The van der Waals surface area contributed by atoms with Gasteiger partial charge in [-0.05, 0) is 71.4 Å². The number of amides is 1. The van der Waals surface area contributed by atoms with Crippen LogP contribution < -0.4 is 5.73 Å². The first kappa shape index (κ1) is 19.5. The molecule has 3 rings (SSSR count). The van der Waals surface area contributed by atoms with Crippen LogP contribution in [-0.4, -0.2) is 38.2 Å². The molecular formula is C21H32N4O2. The van der Waals surface area contributed by atoms with E-state index in [2.05, 4.69) is 36.5 Å². The number of nitrogens with two attached hydrogens (primary N) is 1. The Balaban J connectivity index is 1.91. The van der Waals surface area contributed by atoms with Crippen molar-refractivity contribution < 1.29 is 9.53 Å². The van der Waals surface area contributed by atoms with Gasteiger partial charge in [-0.25, -0.2) is 9.78 Å².